The van der Waals surface area contributed by atoms with Gasteiger partial charge in [0.2, 0.25) is 5.91 Å². The van der Waals surface area contributed by atoms with Crippen LogP contribution < -0.4 is 0 Å². The van der Waals surface area contributed by atoms with E-state index in [1.165, 1.54) is 22.0 Å². The van der Waals surface area contributed by atoms with Gasteiger partial charge in [-0.2, -0.15) is 23.4 Å². The van der Waals surface area contributed by atoms with Gasteiger partial charge in [-0.05, 0) is 6.07 Å². The van der Waals surface area contributed by atoms with Crippen LogP contribution in [0.5, 0.6) is 0 Å². The van der Waals surface area contributed by atoms with Crippen LogP contribution in [0.2, 0.25) is 0 Å². The molecule has 5 rings (SSSR count). The third kappa shape index (κ3) is 3.25. The number of hydrogen-bond donors (Lipinski definition) is 1. The molecular formula is C20H18F3N7O. The summed E-state index contributed by atoms with van der Waals surface area (Å²) in [5, 5.41) is 8.78. The summed E-state index contributed by atoms with van der Waals surface area (Å²) in [6.45, 7) is 0.304. The predicted octanol–water partition coefficient (Wildman–Crippen LogP) is 3.21. The molecule has 0 fully saturated rings. The van der Waals surface area contributed by atoms with Crippen molar-refractivity contribution in [2.24, 2.45) is 7.05 Å². The van der Waals surface area contributed by atoms with E-state index in [-0.39, 0.29) is 31.0 Å². The van der Waals surface area contributed by atoms with Crippen molar-refractivity contribution in [3.63, 3.8) is 0 Å². The third-order valence-electron chi connectivity index (χ3n) is 5.44. The maximum Gasteiger partial charge on any atom is 0.435 e. The maximum absolute atomic E-state index is 13.7. The van der Waals surface area contributed by atoms with Gasteiger partial charge in [-0.15, -0.1) is 0 Å². The summed E-state index contributed by atoms with van der Waals surface area (Å²) in [5.41, 5.74) is 1.95. The average molecular weight is 429 g/mol. The van der Waals surface area contributed by atoms with E-state index in [1.54, 1.807) is 31.0 Å². The van der Waals surface area contributed by atoms with Crippen molar-refractivity contribution in [1.29, 1.82) is 0 Å². The summed E-state index contributed by atoms with van der Waals surface area (Å²) < 4.78 is 44.1. The molecule has 0 radical (unpaired) electrons. The number of aromatic amines is 1. The first-order chi connectivity index (χ1) is 14.7. The van der Waals surface area contributed by atoms with Gasteiger partial charge in [0, 0.05) is 79.5 Å². The highest BCUT2D eigenvalue weighted by Gasteiger charge is 2.38. The molecular weight excluding hydrogens is 411 g/mol. The molecule has 160 valence electrons. The number of pyridine rings is 1. The predicted molar refractivity (Wildman–Crippen MR) is 106 cm³/mol. The molecule has 0 aliphatic carbocycles. The van der Waals surface area contributed by atoms with Gasteiger partial charge in [-0.25, -0.2) is 4.98 Å². The van der Waals surface area contributed by atoms with E-state index >= 15 is 0 Å². The summed E-state index contributed by atoms with van der Waals surface area (Å²) in [6.07, 6.45) is 1.69. The normalized spacial score (nSPS) is 14.9. The minimum absolute atomic E-state index is 0.0203. The number of halogens is 3. The Morgan fingerprint density at radius 1 is 1.10 bits per heavy atom. The molecule has 11 heteroatoms. The first-order valence-corrected chi connectivity index (χ1v) is 9.59. The van der Waals surface area contributed by atoms with Gasteiger partial charge in [-0.1, -0.05) is 0 Å². The lowest BCUT2D eigenvalue weighted by Gasteiger charge is -2.17. The lowest BCUT2D eigenvalue weighted by Crippen LogP contribution is -2.27. The lowest BCUT2D eigenvalue weighted by molar-refractivity contribution is -0.141. The Balaban J connectivity index is 1.78. The summed E-state index contributed by atoms with van der Waals surface area (Å²) in [5.74, 6) is -0.213. The Labute approximate surface area is 174 Å². The number of H-pyrrole nitrogens is 1. The molecule has 0 saturated carbocycles. The second kappa shape index (κ2) is 6.69. The molecule has 1 aliphatic heterocycles. The number of alkyl halides is 3. The van der Waals surface area contributed by atoms with Gasteiger partial charge in [0.25, 0.3) is 0 Å². The number of amides is 1. The van der Waals surface area contributed by atoms with Gasteiger partial charge in [0.15, 0.2) is 5.69 Å². The van der Waals surface area contributed by atoms with Crippen molar-refractivity contribution in [3.8, 4) is 22.3 Å². The number of carbonyl (C=O) groups excluding carboxylic acids is 1. The molecule has 8 nitrogen and oxygen atoms in total. The number of aryl methyl sites for hydroxylation is 2. The summed E-state index contributed by atoms with van der Waals surface area (Å²) in [7, 11) is 3.42. The second-order valence-corrected chi connectivity index (χ2v) is 7.64. The number of fused-ring (bicyclic) bond motifs is 6. The van der Waals surface area contributed by atoms with E-state index in [1.807, 2.05) is 6.20 Å². The van der Waals surface area contributed by atoms with E-state index in [0.717, 1.165) is 5.56 Å². The van der Waals surface area contributed by atoms with Crippen LogP contribution in [0.25, 0.3) is 33.3 Å². The zero-order valence-corrected chi connectivity index (χ0v) is 16.7. The first-order valence-electron chi connectivity index (χ1n) is 9.59. The van der Waals surface area contributed by atoms with Crippen LogP contribution >= 0.6 is 0 Å². The van der Waals surface area contributed by atoms with Crippen molar-refractivity contribution in [3.05, 3.63) is 42.2 Å². The lowest BCUT2D eigenvalue weighted by atomic mass is 10.0. The smallest absolute Gasteiger partial charge is 0.346 e. The van der Waals surface area contributed by atoms with Crippen molar-refractivity contribution in [2.75, 3.05) is 7.05 Å². The number of aromatic nitrogens is 6. The molecule has 0 unspecified atom stereocenters. The van der Waals surface area contributed by atoms with Crippen molar-refractivity contribution >= 4 is 16.9 Å². The first kappa shape index (κ1) is 19.3. The fraction of sp³-hybridized carbons (Fsp3) is 0.300. The van der Waals surface area contributed by atoms with Gasteiger partial charge >= 0.3 is 6.18 Å². The Morgan fingerprint density at radius 3 is 2.68 bits per heavy atom. The van der Waals surface area contributed by atoms with Gasteiger partial charge in [0.1, 0.15) is 5.65 Å². The number of hydrogen-bond acceptors (Lipinski definition) is 4. The minimum Gasteiger partial charge on any atom is -0.346 e. The zero-order valence-electron chi connectivity index (χ0n) is 16.7. The second-order valence-electron chi connectivity index (χ2n) is 7.64. The van der Waals surface area contributed by atoms with Gasteiger partial charge < -0.3 is 9.88 Å². The minimum atomic E-state index is -4.64. The van der Waals surface area contributed by atoms with Crippen LogP contribution in [0.1, 0.15) is 17.8 Å². The molecule has 4 aromatic heterocycles. The van der Waals surface area contributed by atoms with E-state index in [0.29, 0.717) is 27.9 Å². The van der Waals surface area contributed by atoms with E-state index in [9.17, 15) is 18.0 Å². The molecule has 0 atom stereocenters. The molecule has 1 N–H and O–H groups in total. The standard InChI is InChI=1S/C20H18F3N7O/c1-28-10-16-14(8-29(2)26-16)11-5-12-13(7-25-19(12)24-6-11)15-9-30(4-3-17(28)31)27-18(15)20(21,22)23/h5-9H,3-4,10H2,1-2H3,(H,24,25). The van der Waals surface area contributed by atoms with Crippen LogP contribution in [0.4, 0.5) is 13.2 Å². The Kier molecular flexibility index (Phi) is 4.17. The fourth-order valence-electron chi connectivity index (χ4n) is 3.92. The van der Waals surface area contributed by atoms with Crippen molar-refractivity contribution < 1.29 is 18.0 Å². The van der Waals surface area contributed by atoms with Crippen molar-refractivity contribution in [1.82, 2.24) is 34.4 Å². The quantitative estimate of drug-likeness (QED) is 0.465. The highest BCUT2D eigenvalue weighted by molar-refractivity contribution is 5.96. The van der Waals surface area contributed by atoms with Crippen LogP contribution in [-0.2, 0) is 31.1 Å². The molecule has 1 aliphatic rings. The highest BCUT2D eigenvalue weighted by atomic mass is 19.4. The molecule has 4 bridgehead atoms. The number of nitrogens with zero attached hydrogens (tertiary/aromatic N) is 6. The van der Waals surface area contributed by atoms with Crippen LogP contribution in [0.15, 0.2) is 30.9 Å². The summed E-state index contributed by atoms with van der Waals surface area (Å²) in [6, 6.07) is 1.79. The van der Waals surface area contributed by atoms with E-state index < -0.39 is 11.9 Å². The number of nitrogens with one attached hydrogen (secondary N) is 1. The van der Waals surface area contributed by atoms with Crippen LogP contribution in [0, 0.1) is 0 Å². The van der Waals surface area contributed by atoms with E-state index in [2.05, 4.69) is 20.2 Å². The number of carbonyl (C=O) groups is 1. The van der Waals surface area contributed by atoms with Crippen LogP contribution in [-0.4, -0.2) is 47.4 Å². The maximum atomic E-state index is 13.7. The van der Waals surface area contributed by atoms with Crippen molar-refractivity contribution in [2.45, 2.75) is 25.7 Å². The molecule has 4 aromatic rings. The Bertz CT molecular complexity index is 1310. The largest absolute Gasteiger partial charge is 0.435 e. The Hall–Kier alpha value is -3.63. The summed E-state index contributed by atoms with van der Waals surface area (Å²) >= 11 is 0. The topological polar surface area (TPSA) is 84.6 Å². The average Bonchev–Trinajstić information content (AvgIpc) is 3.40. The molecule has 31 heavy (non-hydrogen) atoms. The van der Waals surface area contributed by atoms with Crippen LogP contribution in [0.3, 0.4) is 0 Å². The van der Waals surface area contributed by atoms with E-state index in [4.69, 9.17) is 0 Å². The molecule has 0 aromatic carbocycles. The fourth-order valence-corrected chi connectivity index (χ4v) is 3.92. The van der Waals surface area contributed by atoms with Gasteiger partial charge in [-0.3, -0.25) is 14.2 Å². The molecule has 5 heterocycles. The third-order valence-corrected chi connectivity index (χ3v) is 5.44. The molecule has 0 saturated heterocycles. The monoisotopic (exact) mass is 429 g/mol. The SMILES string of the molecule is CN1Cc2nn(C)cc2-c2cnc3[nH]cc(c3c2)-c2cn(nc2C(F)(F)F)CCC1=O. The molecule has 0 spiro atoms. The van der Waals surface area contributed by atoms with Gasteiger partial charge in [0.05, 0.1) is 12.2 Å². The zero-order chi connectivity index (χ0) is 21.9. The summed E-state index contributed by atoms with van der Waals surface area (Å²) in [4.78, 5) is 21.5. The Morgan fingerprint density at radius 2 is 1.90 bits per heavy atom. The number of rotatable bonds is 0. The molecule has 1 amide bonds. The highest BCUT2D eigenvalue weighted by Crippen LogP contribution is 2.39.